The number of aromatic nitrogens is 4. The first-order chi connectivity index (χ1) is 9.22. The normalized spacial score (nSPS) is 18.0. The lowest BCUT2D eigenvalue weighted by molar-refractivity contribution is 0.306. The molecule has 2 aromatic rings. The van der Waals surface area contributed by atoms with Crippen molar-refractivity contribution in [2.75, 3.05) is 11.9 Å². The van der Waals surface area contributed by atoms with Gasteiger partial charge in [-0.05, 0) is 36.3 Å². The summed E-state index contributed by atoms with van der Waals surface area (Å²) in [6.07, 6.45) is 8.20. The van der Waals surface area contributed by atoms with E-state index in [1.54, 1.807) is 6.20 Å². The third-order valence-electron chi connectivity index (χ3n) is 4.33. The lowest BCUT2D eigenvalue weighted by Crippen LogP contribution is -2.26. The fourth-order valence-corrected chi connectivity index (χ4v) is 3.16. The van der Waals surface area contributed by atoms with E-state index in [-0.39, 0.29) is 5.28 Å². The molecule has 0 bridgehead atoms. The van der Waals surface area contributed by atoms with Crippen LogP contribution in [0.25, 0.3) is 11.0 Å². The van der Waals surface area contributed by atoms with Crippen LogP contribution in [0.1, 0.15) is 39.0 Å². The van der Waals surface area contributed by atoms with E-state index in [2.05, 4.69) is 32.4 Å². The summed E-state index contributed by atoms with van der Waals surface area (Å²) in [4.78, 5) is 8.39. The molecule has 5 nitrogen and oxygen atoms in total. The molecular formula is C13H18ClN5. The summed E-state index contributed by atoms with van der Waals surface area (Å²) >= 11 is 5.93. The fourth-order valence-electron chi connectivity index (χ4n) is 2.99. The van der Waals surface area contributed by atoms with Gasteiger partial charge in [0.05, 0.1) is 11.6 Å². The van der Waals surface area contributed by atoms with E-state index >= 15 is 0 Å². The van der Waals surface area contributed by atoms with Crippen molar-refractivity contribution in [2.45, 2.75) is 39.0 Å². The fraction of sp³-hybridized carbons (Fsp3) is 0.615. The summed E-state index contributed by atoms with van der Waals surface area (Å²) in [5.74, 6) is 0.781. The van der Waals surface area contributed by atoms with Crippen molar-refractivity contribution in [1.82, 2.24) is 20.2 Å². The smallest absolute Gasteiger partial charge is 0.226 e. The van der Waals surface area contributed by atoms with Crippen LogP contribution in [0.4, 0.5) is 5.82 Å². The predicted molar refractivity (Wildman–Crippen MR) is 76.4 cm³/mol. The van der Waals surface area contributed by atoms with Crippen LogP contribution < -0.4 is 5.32 Å². The summed E-state index contributed by atoms with van der Waals surface area (Å²) in [6.45, 7) is 3.21. The van der Waals surface area contributed by atoms with E-state index in [1.807, 2.05) is 0 Å². The molecule has 6 heteroatoms. The van der Waals surface area contributed by atoms with Crippen LogP contribution in [0.2, 0.25) is 5.28 Å². The van der Waals surface area contributed by atoms with Crippen molar-refractivity contribution in [1.29, 1.82) is 0 Å². The number of hydrogen-bond acceptors (Lipinski definition) is 4. The zero-order valence-corrected chi connectivity index (χ0v) is 11.8. The molecule has 1 fully saturated rings. The number of hydrogen-bond donors (Lipinski definition) is 2. The quantitative estimate of drug-likeness (QED) is 0.842. The minimum Gasteiger partial charge on any atom is -0.369 e. The highest BCUT2D eigenvalue weighted by Gasteiger charge is 2.31. The first-order valence-electron chi connectivity index (χ1n) is 6.83. The number of fused-ring (bicyclic) bond motifs is 1. The molecule has 19 heavy (non-hydrogen) atoms. The maximum Gasteiger partial charge on any atom is 0.226 e. The molecule has 2 heterocycles. The highest BCUT2D eigenvalue weighted by molar-refractivity contribution is 6.28. The van der Waals surface area contributed by atoms with Crippen LogP contribution in [0.5, 0.6) is 0 Å². The van der Waals surface area contributed by atoms with Crippen molar-refractivity contribution in [3.05, 3.63) is 11.5 Å². The van der Waals surface area contributed by atoms with Crippen molar-refractivity contribution in [2.24, 2.45) is 5.41 Å². The predicted octanol–water partition coefficient (Wildman–Crippen LogP) is 3.39. The summed E-state index contributed by atoms with van der Waals surface area (Å²) < 4.78 is 0. The Kier molecular flexibility index (Phi) is 3.31. The van der Waals surface area contributed by atoms with Gasteiger partial charge in [-0.1, -0.05) is 19.8 Å². The highest BCUT2D eigenvalue weighted by Crippen LogP contribution is 2.41. The number of nitrogens with zero attached hydrogens (tertiary/aromatic N) is 3. The molecule has 1 aliphatic rings. The molecule has 102 valence electrons. The number of aromatic amines is 1. The molecule has 0 saturated heterocycles. The van der Waals surface area contributed by atoms with Crippen molar-refractivity contribution < 1.29 is 0 Å². The molecule has 1 saturated carbocycles. The molecule has 0 amide bonds. The van der Waals surface area contributed by atoms with E-state index in [4.69, 9.17) is 11.6 Å². The zero-order chi connectivity index (χ0) is 13.3. The Hall–Kier alpha value is -1.36. The van der Waals surface area contributed by atoms with Crippen LogP contribution >= 0.6 is 11.6 Å². The molecule has 0 aliphatic heterocycles. The van der Waals surface area contributed by atoms with Gasteiger partial charge in [-0.2, -0.15) is 15.1 Å². The second-order valence-corrected chi connectivity index (χ2v) is 5.73. The van der Waals surface area contributed by atoms with E-state index in [1.165, 1.54) is 32.1 Å². The second-order valence-electron chi connectivity index (χ2n) is 5.39. The van der Waals surface area contributed by atoms with Gasteiger partial charge in [0.1, 0.15) is 5.82 Å². The van der Waals surface area contributed by atoms with Crippen LogP contribution in [-0.2, 0) is 0 Å². The van der Waals surface area contributed by atoms with Crippen LogP contribution in [0, 0.1) is 5.41 Å². The molecule has 0 atom stereocenters. The van der Waals surface area contributed by atoms with Crippen LogP contribution in [0.3, 0.4) is 0 Å². The van der Waals surface area contributed by atoms with Gasteiger partial charge in [-0.25, -0.2) is 0 Å². The second kappa shape index (κ2) is 4.96. The number of rotatable bonds is 4. The van der Waals surface area contributed by atoms with Gasteiger partial charge in [-0.15, -0.1) is 0 Å². The van der Waals surface area contributed by atoms with Crippen LogP contribution in [-0.4, -0.2) is 26.7 Å². The van der Waals surface area contributed by atoms with Crippen LogP contribution in [0.15, 0.2) is 6.20 Å². The van der Waals surface area contributed by atoms with Gasteiger partial charge >= 0.3 is 0 Å². The maximum absolute atomic E-state index is 5.93. The standard InChI is InChI=1S/C13H18ClN5/c1-2-13(5-3-4-6-13)8-15-10-9-7-16-19-11(9)18-12(14)17-10/h7H,2-6,8H2,1H3,(H2,15,16,17,18,19). The molecule has 0 unspecified atom stereocenters. The molecule has 1 aliphatic carbocycles. The Bertz CT molecular complexity index is 573. The van der Waals surface area contributed by atoms with Crippen molar-refractivity contribution in [3.63, 3.8) is 0 Å². The lowest BCUT2D eigenvalue weighted by Gasteiger charge is -2.28. The summed E-state index contributed by atoms with van der Waals surface area (Å²) in [5.41, 5.74) is 1.09. The van der Waals surface area contributed by atoms with E-state index < -0.39 is 0 Å². The number of anilines is 1. The molecule has 0 aromatic carbocycles. The first kappa shape index (κ1) is 12.7. The van der Waals surface area contributed by atoms with E-state index in [9.17, 15) is 0 Å². The van der Waals surface area contributed by atoms with Gasteiger partial charge in [-0.3, -0.25) is 5.10 Å². The molecule has 2 aromatic heterocycles. The summed E-state index contributed by atoms with van der Waals surface area (Å²) in [6, 6.07) is 0. The average molecular weight is 280 g/mol. The molecular weight excluding hydrogens is 262 g/mol. The molecule has 2 N–H and O–H groups in total. The van der Waals surface area contributed by atoms with Gasteiger partial charge in [0, 0.05) is 6.54 Å². The molecule has 0 spiro atoms. The SMILES string of the molecule is CCC1(CNc2nc(Cl)nc3[nH]ncc23)CCCC1. The Labute approximate surface area is 117 Å². The number of halogens is 1. The third-order valence-corrected chi connectivity index (χ3v) is 4.50. The van der Waals surface area contributed by atoms with Crippen molar-refractivity contribution >= 4 is 28.5 Å². The Balaban J connectivity index is 1.83. The summed E-state index contributed by atoms with van der Waals surface area (Å²) in [5, 5.41) is 11.4. The van der Waals surface area contributed by atoms with Gasteiger partial charge in [0.15, 0.2) is 5.65 Å². The maximum atomic E-state index is 5.93. The average Bonchev–Trinajstić information content (AvgIpc) is 3.05. The first-order valence-corrected chi connectivity index (χ1v) is 7.21. The monoisotopic (exact) mass is 279 g/mol. The molecule has 0 radical (unpaired) electrons. The topological polar surface area (TPSA) is 66.5 Å². The van der Waals surface area contributed by atoms with Gasteiger partial charge in [0.25, 0.3) is 0 Å². The third kappa shape index (κ3) is 2.39. The van der Waals surface area contributed by atoms with Crippen molar-refractivity contribution in [3.8, 4) is 0 Å². The van der Waals surface area contributed by atoms with E-state index in [0.29, 0.717) is 11.1 Å². The lowest BCUT2D eigenvalue weighted by atomic mass is 9.83. The Morgan fingerprint density at radius 2 is 2.16 bits per heavy atom. The molecule has 3 rings (SSSR count). The zero-order valence-electron chi connectivity index (χ0n) is 11.0. The minimum atomic E-state index is 0.247. The Morgan fingerprint density at radius 3 is 2.89 bits per heavy atom. The van der Waals surface area contributed by atoms with Gasteiger partial charge in [0.2, 0.25) is 5.28 Å². The number of nitrogens with one attached hydrogen (secondary N) is 2. The highest BCUT2D eigenvalue weighted by atomic mass is 35.5. The minimum absolute atomic E-state index is 0.247. The largest absolute Gasteiger partial charge is 0.369 e. The van der Waals surface area contributed by atoms with Gasteiger partial charge < -0.3 is 5.32 Å². The number of H-pyrrole nitrogens is 1. The Morgan fingerprint density at radius 1 is 1.37 bits per heavy atom. The summed E-state index contributed by atoms with van der Waals surface area (Å²) in [7, 11) is 0. The van der Waals surface area contributed by atoms with E-state index in [0.717, 1.165) is 17.7 Å².